The van der Waals surface area contributed by atoms with Crippen LogP contribution in [0.2, 0.25) is 0 Å². The van der Waals surface area contributed by atoms with E-state index in [0.29, 0.717) is 17.8 Å². The third kappa shape index (κ3) is 5.64. The fourth-order valence-corrected chi connectivity index (χ4v) is 6.69. The van der Waals surface area contributed by atoms with E-state index in [4.69, 9.17) is 40.6 Å². The fraction of sp³-hybridized carbons (Fsp3) is 0.739. The van der Waals surface area contributed by atoms with Gasteiger partial charge in [-0.2, -0.15) is 9.97 Å². The molecule has 0 amide bonds. The van der Waals surface area contributed by atoms with Crippen molar-refractivity contribution in [2.75, 3.05) is 25.6 Å². The minimum Gasteiger partial charge on any atom is -0.476 e. The number of nitrogen functional groups attached to an aromatic ring is 1. The molecule has 4 rings (SSSR count). The van der Waals surface area contributed by atoms with E-state index in [1.165, 1.54) is 6.33 Å². The van der Waals surface area contributed by atoms with Crippen LogP contribution in [0.25, 0.3) is 11.2 Å². The van der Waals surface area contributed by atoms with Crippen LogP contribution >= 0.6 is 19.3 Å². The van der Waals surface area contributed by atoms with Crippen LogP contribution in [0.1, 0.15) is 54.7 Å². The molecule has 212 valence electrons. The molecule has 13 nitrogen and oxygen atoms in total. The predicted molar refractivity (Wildman–Crippen MR) is 140 cm³/mol. The molecule has 2 aromatic heterocycles. The van der Waals surface area contributed by atoms with Crippen molar-refractivity contribution in [1.82, 2.24) is 24.6 Å². The zero-order valence-electron chi connectivity index (χ0n) is 22.6. The van der Waals surface area contributed by atoms with Gasteiger partial charge in [0.25, 0.3) is 0 Å². The van der Waals surface area contributed by atoms with Crippen LogP contribution in [-0.2, 0) is 27.9 Å². The average Bonchev–Trinajstić information content (AvgIpc) is 3.33. The number of anilines is 1. The summed E-state index contributed by atoms with van der Waals surface area (Å²) in [5.74, 6) is -0.382. The van der Waals surface area contributed by atoms with Crippen molar-refractivity contribution in [3.63, 3.8) is 0 Å². The summed E-state index contributed by atoms with van der Waals surface area (Å²) >= 11 is 7.05. The third-order valence-corrected chi connectivity index (χ3v) is 8.53. The lowest BCUT2D eigenvalue weighted by molar-refractivity contribution is -0.148. The van der Waals surface area contributed by atoms with Gasteiger partial charge < -0.3 is 19.9 Å². The first-order valence-corrected chi connectivity index (χ1v) is 14.4. The molecule has 0 saturated carbocycles. The van der Waals surface area contributed by atoms with E-state index in [9.17, 15) is 9.36 Å². The van der Waals surface area contributed by atoms with Crippen molar-refractivity contribution < 1.29 is 32.6 Å². The minimum atomic E-state index is -3.87. The number of nitrogens with zero attached hydrogens (tertiary/aromatic N) is 4. The Labute approximate surface area is 226 Å². The molecule has 2 aliphatic heterocycles. The first-order chi connectivity index (χ1) is 17.7. The van der Waals surface area contributed by atoms with Gasteiger partial charge in [0, 0.05) is 0 Å². The van der Waals surface area contributed by atoms with Crippen LogP contribution in [-0.4, -0.2) is 68.4 Å². The summed E-state index contributed by atoms with van der Waals surface area (Å²) in [6, 6.07) is -0.526. The molecule has 2 aliphatic rings. The Morgan fingerprint density at radius 3 is 2.74 bits per heavy atom. The van der Waals surface area contributed by atoms with E-state index in [0.717, 1.165) is 0 Å². The predicted octanol–water partition coefficient (Wildman–Crippen LogP) is 3.43. The molecule has 2 aromatic rings. The van der Waals surface area contributed by atoms with Crippen LogP contribution in [0.5, 0.6) is 5.88 Å². The number of carbonyl (C=O) groups is 1. The summed E-state index contributed by atoms with van der Waals surface area (Å²) in [7, 11) is -3.87. The molecule has 2 saturated heterocycles. The number of nitrogens with one attached hydrogen (secondary N) is 1. The minimum absolute atomic E-state index is 0.00704. The Balaban J connectivity index is 1.57. The topological polar surface area (TPSA) is 162 Å². The largest absolute Gasteiger partial charge is 0.476 e. The Kier molecular flexibility index (Phi) is 8.02. The molecule has 0 bridgehead atoms. The van der Waals surface area contributed by atoms with Gasteiger partial charge in [0.1, 0.15) is 23.7 Å². The Bertz CT molecular complexity index is 1230. The quantitative estimate of drug-likeness (QED) is 0.269. The molecule has 0 aliphatic carbocycles. The van der Waals surface area contributed by atoms with Crippen molar-refractivity contribution in [1.29, 1.82) is 0 Å². The number of aromatic nitrogens is 4. The van der Waals surface area contributed by atoms with Gasteiger partial charge in [0.2, 0.25) is 11.8 Å². The Morgan fingerprint density at radius 1 is 1.39 bits per heavy atom. The number of hydrogen-bond donors (Lipinski definition) is 2. The van der Waals surface area contributed by atoms with Crippen molar-refractivity contribution in [2.45, 2.75) is 77.8 Å². The summed E-state index contributed by atoms with van der Waals surface area (Å²) in [5.41, 5.74) is 6.24. The standard InChI is InChI=1S/C23H36ClN6O7P/c1-8-33-18-15-17(27-21(25)28-18)30(11-26-15)20-23(7,24)16-13(36-20)9-35-38(32,37-16)29-14(22(4,5)6)10-34-19(31)12(2)3/h11-14,16,20H,8-10H2,1-7H3,(H,29,32)(H2,25,27,28)/t13-,14-,16-,20-,23-,38-/m1/s1. The first kappa shape index (κ1) is 29.0. The Morgan fingerprint density at radius 2 is 2.11 bits per heavy atom. The normalized spacial score (nSPS) is 30.4. The van der Waals surface area contributed by atoms with Gasteiger partial charge in [-0.1, -0.05) is 34.6 Å². The zero-order chi connectivity index (χ0) is 28.0. The van der Waals surface area contributed by atoms with Gasteiger partial charge in [-0.25, -0.2) is 14.6 Å². The third-order valence-electron chi connectivity index (χ3n) is 6.51. The molecular formula is C23H36ClN6O7P. The molecule has 0 spiro atoms. The van der Waals surface area contributed by atoms with Crippen LogP contribution < -0.4 is 15.6 Å². The molecule has 15 heteroatoms. The van der Waals surface area contributed by atoms with Gasteiger partial charge in [-0.15, -0.1) is 11.6 Å². The highest BCUT2D eigenvalue weighted by atomic mass is 35.5. The van der Waals surface area contributed by atoms with Crippen LogP contribution in [0.4, 0.5) is 5.95 Å². The maximum absolute atomic E-state index is 13.8. The van der Waals surface area contributed by atoms with Gasteiger partial charge >= 0.3 is 13.7 Å². The number of ether oxygens (including phenoxy) is 3. The number of hydrogen-bond acceptors (Lipinski definition) is 11. The number of rotatable bonds is 8. The Hall–Kier alpha value is -2.02. The van der Waals surface area contributed by atoms with Gasteiger partial charge in [0.05, 0.1) is 31.5 Å². The molecule has 0 radical (unpaired) electrons. The highest BCUT2D eigenvalue weighted by Gasteiger charge is 2.60. The smallest absolute Gasteiger partial charge is 0.406 e. The number of halogens is 1. The number of fused-ring (bicyclic) bond motifs is 2. The maximum atomic E-state index is 13.8. The van der Waals surface area contributed by atoms with Gasteiger partial charge in [0.15, 0.2) is 17.4 Å². The van der Waals surface area contributed by atoms with Crippen LogP contribution in [0.15, 0.2) is 6.33 Å². The van der Waals surface area contributed by atoms with E-state index in [1.54, 1.807) is 25.3 Å². The number of imidazole rings is 1. The summed E-state index contributed by atoms with van der Waals surface area (Å²) < 4.78 is 44.3. The number of nitrogens with two attached hydrogens (primary N) is 1. The highest BCUT2D eigenvalue weighted by molar-refractivity contribution is 7.51. The second-order valence-corrected chi connectivity index (χ2v) is 13.5. The molecular weight excluding hydrogens is 539 g/mol. The lowest BCUT2D eigenvalue weighted by Gasteiger charge is -2.39. The van der Waals surface area contributed by atoms with Gasteiger partial charge in [-0.05, 0) is 19.3 Å². The van der Waals surface area contributed by atoms with E-state index in [1.807, 2.05) is 27.7 Å². The highest BCUT2D eigenvalue weighted by Crippen LogP contribution is 2.58. The molecule has 0 aromatic carbocycles. The van der Waals surface area contributed by atoms with E-state index in [-0.39, 0.29) is 36.9 Å². The van der Waals surface area contributed by atoms with E-state index < -0.39 is 42.5 Å². The van der Waals surface area contributed by atoms with Crippen molar-refractivity contribution in [2.24, 2.45) is 11.3 Å². The number of esters is 1. The second kappa shape index (κ2) is 10.5. The lowest BCUT2D eigenvalue weighted by Crippen LogP contribution is -2.49. The van der Waals surface area contributed by atoms with Crippen molar-refractivity contribution in [3.8, 4) is 5.88 Å². The molecule has 4 heterocycles. The second-order valence-electron chi connectivity index (χ2n) is 11.0. The number of carbonyl (C=O) groups excluding carboxylic acids is 1. The summed E-state index contributed by atoms with van der Waals surface area (Å²) in [4.78, 5) is 23.7. The molecule has 6 atom stereocenters. The summed E-state index contributed by atoms with van der Waals surface area (Å²) in [6.07, 6.45) is -0.737. The monoisotopic (exact) mass is 574 g/mol. The van der Waals surface area contributed by atoms with Crippen molar-refractivity contribution in [3.05, 3.63) is 6.33 Å². The van der Waals surface area contributed by atoms with Crippen molar-refractivity contribution >= 4 is 42.4 Å². The van der Waals surface area contributed by atoms with E-state index >= 15 is 0 Å². The first-order valence-electron chi connectivity index (χ1n) is 12.5. The number of alkyl halides is 1. The SMILES string of the molecule is CCOc1nc(N)nc2c1ncn2[C@@H]1O[C@@H]2CO[P@](=O)(N[C@H](COC(=O)C(C)C)C(C)(C)C)O[C@H]2[C@@]1(C)Cl. The molecule has 38 heavy (non-hydrogen) atoms. The lowest BCUT2D eigenvalue weighted by atomic mass is 9.88. The van der Waals surface area contributed by atoms with E-state index in [2.05, 4.69) is 20.0 Å². The molecule has 2 fully saturated rings. The maximum Gasteiger partial charge on any atom is 0.406 e. The van der Waals surface area contributed by atoms with Crippen LogP contribution in [0, 0.1) is 11.3 Å². The molecule has 0 unspecified atom stereocenters. The summed E-state index contributed by atoms with van der Waals surface area (Å²) in [6.45, 7) is 13.2. The average molecular weight is 575 g/mol. The molecule has 3 N–H and O–H groups in total. The fourth-order valence-electron chi connectivity index (χ4n) is 4.25. The zero-order valence-corrected chi connectivity index (χ0v) is 24.3. The van der Waals surface area contributed by atoms with Crippen LogP contribution in [0.3, 0.4) is 0 Å². The summed E-state index contributed by atoms with van der Waals surface area (Å²) in [5, 5.41) is 2.97. The van der Waals surface area contributed by atoms with Gasteiger partial charge in [-0.3, -0.25) is 18.4 Å².